The summed E-state index contributed by atoms with van der Waals surface area (Å²) in [6.45, 7) is 2.54. The van der Waals surface area contributed by atoms with Gasteiger partial charge in [0.15, 0.2) is 5.96 Å². The fourth-order valence-corrected chi connectivity index (χ4v) is 4.30. The number of guanidine groups is 1. The number of nitrogens with zero attached hydrogens (tertiary/aromatic N) is 4. The van der Waals surface area contributed by atoms with Crippen LogP contribution in [-0.2, 0) is 17.1 Å². The van der Waals surface area contributed by atoms with Gasteiger partial charge in [-0.2, -0.15) is 5.10 Å². The quantitative estimate of drug-likeness (QED) is 0.432. The number of hydrogen-bond donors (Lipinski definition) is 2. The fourth-order valence-electron chi connectivity index (χ4n) is 3.25. The lowest BCUT2D eigenvalue weighted by Crippen LogP contribution is -2.43. The lowest BCUT2D eigenvalue weighted by molar-refractivity contribution is 0.486. The van der Waals surface area contributed by atoms with Crippen LogP contribution in [0.25, 0.3) is 0 Å². The molecule has 1 atom stereocenters. The first-order valence-corrected chi connectivity index (χ1v) is 10.5. The van der Waals surface area contributed by atoms with E-state index in [1.165, 1.54) is 5.56 Å². The van der Waals surface area contributed by atoms with Gasteiger partial charge in [-0.25, -0.2) is 13.1 Å². The zero-order valence-corrected chi connectivity index (χ0v) is 16.5. The fraction of sp³-hybridized carbons (Fsp3) is 0.444. The van der Waals surface area contributed by atoms with E-state index in [-0.39, 0.29) is 11.4 Å². The number of likely N-dealkylation sites (tertiary alicyclic amines) is 1. The molecule has 1 aliphatic rings. The molecular formula is C18H26N6O2S. The zero-order valence-electron chi connectivity index (χ0n) is 15.7. The Morgan fingerprint density at radius 1 is 1.30 bits per heavy atom. The molecule has 1 saturated heterocycles. The molecule has 3 rings (SSSR count). The van der Waals surface area contributed by atoms with E-state index in [1.807, 2.05) is 17.9 Å². The van der Waals surface area contributed by atoms with Crippen LogP contribution in [-0.4, -0.2) is 62.3 Å². The van der Waals surface area contributed by atoms with E-state index in [0.717, 1.165) is 25.5 Å². The maximum Gasteiger partial charge on any atom is 0.240 e. The van der Waals surface area contributed by atoms with E-state index in [2.05, 4.69) is 31.2 Å². The topological polar surface area (TPSA) is 91.6 Å². The molecule has 0 bridgehead atoms. The predicted molar refractivity (Wildman–Crippen MR) is 105 cm³/mol. The molecule has 0 spiro atoms. The van der Waals surface area contributed by atoms with Crippen LogP contribution < -0.4 is 10.0 Å². The first-order chi connectivity index (χ1) is 13.0. The van der Waals surface area contributed by atoms with Crippen molar-refractivity contribution >= 4 is 16.0 Å². The number of benzene rings is 1. The van der Waals surface area contributed by atoms with Crippen LogP contribution >= 0.6 is 0 Å². The minimum Gasteiger partial charge on any atom is -0.355 e. The van der Waals surface area contributed by atoms with Crippen molar-refractivity contribution in [1.29, 1.82) is 0 Å². The van der Waals surface area contributed by atoms with E-state index in [0.29, 0.717) is 12.5 Å². The average molecular weight is 391 g/mol. The van der Waals surface area contributed by atoms with Crippen LogP contribution in [0.3, 0.4) is 0 Å². The van der Waals surface area contributed by atoms with Gasteiger partial charge in [-0.15, -0.1) is 0 Å². The normalized spacial score (nSPS) is 18.1. The first-order valence-electron chi connectivity index (χ1n) is 8.98. The second-order valence-electron chi connectivity index (χ2n) is 6.56. The van der Waals surface area contributed by atoms with Crippen molar-refractivity contribution in [3.8, 4) is 0 Å². The van der Waals surface area contributed by atoms with E-state index in [4.69, 9.17) is 0 Å². The Bertz CT molecular complexity index is 878. The lowest BCUT2D eigenvalue weighted by Gasteiger charge is -2.21. The van der Waals surface area contributed by atoms with Crippen LogP contribution in [0, 0.1) is 0 Å². The number of sulfonamides is 1. The highest BCUT2D eigenvalue weighted by atomic mass is 32.2. The number of aryl methyl sites for hydroxylation is 1. The summed E-state index contributed by atoms with van der Waals surface area (Å²) in [5, 5.41) is 7.49. The second kappa shape index (κ2) is 8.53. The van der Waals surface area contributed by atoms with Crippen molar-refractivity contribution in [1.82, 2.24) is 24.7 Å². The van der Waals surface area contributed by atoms with Crippen LogP contribution in [0.5, 0.6) is 0 Å². The molecule has 1 unspecified atom stereocenters. The number of hydrogen-bond acceptors (Lipinski definition) is 4. The molecule has 1 fully saturated rings. The Hall–Kier alpha value is -2.39. The SMILES string of the molecule is CN=C(NCCNS(=O)(=O)c1ccccc1)N1CCC(c2cnn(C)c2)C1. The van der Waals surface area contributed by atoms with Gasteiger partial charge in [0.05, 0.1) is 11.1 Å². The zero-order chi connectivity index (χ0) is 19.3. The molecule has 1 aromatic heterocycles. The first kappa shape index (κ1) is 19.4. The smallest absolute Gasteiger partial charge is 0.240 e. The third-order valence-electron chi connectivity index (χ3n) is 4.65. The summed E-state index contributed by atoms with van der Waals surface area (Å²) in [4.78, 5) is 6.80. The summed E-state index contributed by atoms with van der Waals surface area (Å²) < 4.78 is 28.9. The summed E-state index contributed by atoms with van der Waals surface area (Å²) in [5.41, 5.74) is 1.24. The summed E-state index contributed by atoms with van der Waals surface area (Å²) in [6, 6.07) is 8.37. The highest BCUT2D eigenvalue weighted by Crippen LogP contribution is 2.26. The van der Waals surface area contributed by atoms with E-state index in [9.17, 15) is 8.42 Å². The Morgan fingerprint density at radius 3 is 2.74 bits per heavy atom. The maximum absolute atomic E-state index is 12.2. The molecule has 0 amide bonds. The van der Waals surface area contributed by atoms with Crippen molar-refractivity contribution in [2.24, 2.45) is 12.0 Å². The van der Waals surface area contributed by atoms with Crippen LogP contribution in [0.15, 0.2) is 52.6 Å². The second-order valence-corrected chi connectivity index (χ2v) is 8.33. The molecule has 8 nitrogen and oxygen atoms in total. The predicted octanol–water partition coefficient (Wildman–Crippen LogP) is 0.763. The molecule has 27 heavy (non-hydrogen) atoms. The molecule has 9 heteroatoms. The van der Waals surface area contributed by atoms with Gasteiger partial charge in [0.1, 0.15) is 0 Å². The molecule has 0 aliphatic carbocycles. The lowest BCUT2D eigenvalue weighted by atomic mass is 10.0. The van der Waals surface area contributed by atoms with Crippen LogP contribution in [0.1, 0.15) is 17.9 Å². The van der Waals surface area contributed by atoms with Crippen LogP contribution in [0.2, 0.25) is 0 Å². The monoisotopic (exact) mass is 390 g/mol. The molecule has 146 valence electrons. The summed E-state index contributed by atoms with van der Waals surface area (Å²) in [6.07, 6.45) is 5.03. The van der Waals surface area contributed by atoms with E-state index < -0.39 is 10.0 Å². The van der Waals surface area contributed by atoms with Crippen molar-refractivity contribution < 1.29 is 8.42 Å². The minimum atomic E-state index is -3.48. The summed E-state index contributed by atoms with van der Waals surface area (Å²) in [7, 11) is 0.189. The number of rotatable bonds is 6. The van der Waals surface area contributed by atoms with E-state index >= 15 is 0 Å². The Labute approximate surface area is 160 Å². The van der Waals surface area contributed by atoms with Crippen molar-refractivity contribution in [2.75, 3.05) is 33.2 Å². The molecule has 2 N–H and O–H groups in total. The molecular weight excluding hydrogens is 364 g/mol. The number of aromatic nitrogens is 2. The maximum atomic E-state index is 12.2. The number of aliphatic imine (C=N–C) groups is 1. The van der Waals surface area contributed by atoms with Gasteiger partial charge < -0.3 is 10.2 Å². The van der Waals surface area contributed by atoms with Gasteiger partial charge in [-0.05, 0) is 24.1 Å². The summed E-state index contributed by atoms with van der Waals surface area (Å²) in [5.74, 6) is 1.23. The number of nitrogens with one attached hydrogen (secondary N) is 2. The van der Waals surface area contributed by atoms with Gasteiger partial charge in [0.25, 0.3) is 0 Å². The van der Waals surface area contributed by atoms with Gasteiger partial charge in [-0.1, -0.05) is 18.2 Å². The molecule has 1 aromatic carbocycles. The average Bonchev–Trinajstić information content (AvgIpc) is 3.31. The van der Waals surface area contributed by atoms with Crippen molar-refractivity contribution in [2.45, 2.75) is 17.2 Å². The standard InChI is InChI=1S/C18H26N6O2S/c1-19-18(24-11-8-15(14-24)16-12-21-23(2)13-16)20-9-10-22-27(25,26)17-6-4-3-5-7-17/h3-7,12-13,15,22H,8-11,14H2,1-2H3,(H,19,20). The summed E-state index contributed by atoms with van der Waals surface area (Å²) >= 11 is 0. The molecule has 2 aromatic rings. The Morgan fingerprint density at radius 2 is 2.07 bits per heavy atom. The molecule has 0 saturated carbocycles. The highest BCUT2D eigenvalue weighted by Gasteiger charge is 2.26. The van der Waals surface area contributed by atoms with Gasteiger partial charge in [0.2, 0.25) is 10.0 Å². The van der Waals surface area contributed by atoms with Crippen molar-refractivity contribution in [3.63, 3.8) is 0 Å². The minimum absolute atomic E-state index is 0.272. The van der Waals surface area contributed by atoms with Crippen molar-refractivity contribution in [3.05, 3.63) is 48.3 Å². The molecule has 1 aliphatic heterocycles. The largest absolute Gasteiger partial charge is 0.355 e. The van der Waals surface area contributed by atoms with Gasteiger partial charge in [-0.3, -0.25) is 9.67 Å². The third-order valence-corrected chi connectivity index (χ3v) is 6.13. The highest BCUT2D eigenvalue weighted by molar-refractivity contribution is 7.89. The van der Waals surface area contributed by atoms with E-state index in [1.54, 1.807) is 37.4 Å². The molecule has 2 heterocycles. The van der Waals surface area contributed by atoms with Gasteiger partial charge in [0, 0.05) is 52.4 Å². The Balaban J connectivity index is 1.47. The van der Waals surface area contributed by atoms with Gasteiger partial charge >= 0.3 is 0 Å². The molecule has 0 radical (unpaired) electrons. The third kappa shape index (κ3) is 4.86. The Kier molecular flexibility index (Phi) is 6.12. The van der Waals surface area contributed by atoms with Crippen LogP contribution in [0.4, 0.5) is 0 Å².